The third-order valence-corrected chi connectivity index (χ3v) is 4.25. The summed E-state index contributed by atoms with van der Waals surface area (Å²) in [6.07, 6.45) is -4.45. The summed E-state index contributed by atoms with van der Waals surface area (Å²) in [5.41, 5.74) is 0. The maximum atomic E-state index is 12.4. The molecule has 0 aromatic carbocycles. The summed E-state index contributed by atoms with van der Waals surface area (Å²) in [4.78, 5) is 7.80. The molecule has 0 amide bonds. The van der Waals surface area contributed by atoms with E-state index >= 15 is 0 Å². The van der Waals surface area contributed by atoms with Gasteiger partial charge in [-0.2, -0.15) is 22.5 Å². The smallest absolute Gasteiger partial charge is 0.344 e. The monoisotopic (exact) mass is 293 g/mol. The number of hydrogen-bond donors (Lipinski definition) is 1. The van der Waals surface area contributed by atoms with Crippen LogP contribution in [0.5, 0.6) is 0 Å². The Hall–Kier alpha value is -0.930. The molecule has 1 aromatic rings. The second-order valence-corrected chi connectivity index (χ2v) is 5.47. The molecule has 3 heterocycles. The van der Waals surface area contributed by atoms with E-state index < -0.39 is 12.0 Å². The highest BCUT2D eigenvalue weighted by Crippen LogP contribution is 2.32. The first-order valence-electron chi connectivity index (χ1n) is 6.14. The minimum Gasteiger partial charge on any atom is -0.344 e. The third kappa shape index (κ3) is 2.67. The molecule has 0 aliphatic carbocycles. The largest absolute Gasteiger partial charge is 0.452 e. The van der Waals surface area contributed by atoms with E-state index in [1.165, 1.54) is 0 Å². The van der Waals surface area contributed by atoms with Crippen molar-refractivity contribution < 1.29 is 13.2 Å². The van der Waals surface area contributed by atoms with Crippen LogP contribution in [-0.4, -0.2) is 59.6 Å². The molecule has 0 spiro atoms. The number of nitrogens with one attached hydrogen (secondary N) is 1. The molecule has 106 valence electrons. The van der Waals surface area contributed by atoms with Gasteiger partial charge in [-0.05, 0) is 0 Å². The van der Waals surface area contributed by atoms with Gasteiger partial charge in [0.1, 0.15) is 0 Å². The zero-order valence-corrected chi connectivity index (χ0v) is 11.0. The van der Waals surface area contributed by atoms with Crippen LogP contribution in [0, 0.1) is 0 Å². The fourth-order valence-corrected chi connectivity index (χ4v) is 3.05. The number of anilines is 1. The minimum absolute atomic E-state index is 0.374. The maximum Gasteiger partial charge on any atom is 0.452 e. The molecule has 2 saturated heterocycles. The Morgan fingerprint density at radius 2 is 1.89 bits per heavy atom. The highest BCUT2D eigenvalue weighted by Gasteiger charge is 2.39. The lowest BCUT2D eigenvalue weighted by atomic mass is 10.1. The van der Waals surface area contributed by atoms with Crippen molar-refractivity contribution in [2.45, 2.75) is 12.2 Å². The van der Waals surface area contributed by atoms with Gasteiger partial charge in [-0.15, -0.1) is 0 Å². The minimum atomic E-state index is -4.45. The molecule has 19 heavy (non-hydrogen) atoms. The van der Waals surface area contributed by atoms with Crippen LogP contribution in [0.3, 0.4) is 0 Å². The predicted octanol–water partition coefficient (Wildman–Crippen LogP) is 0.651. The molecule has 2 aliphatic heterocycles. The van der Waals surface area contributed by atoms with Crippen molar-refractivity contribution >= 4 is 16.7 Å². The van der Waals surface area contributed by atoms with Crippen LogP contribution in [-0.2, 0) is 6.18 Å². The van der Waals surface area contributed by atoms with Crippen LogP contribution in [0.1, 0.15) is 5.82 Å². The van der Waals surface area contributed by atoms with Crippen molar-refractivity contribution in [1.29, 1.82) is 0 Å². The van der Waals surface area contributed by atoms with Crippen molar-refractivity contribution in [2.75, 3.05) is 44.2 Å². The topological polar surface area (TPSA) is 44.3 Å². The Morgan fingerprint density at radius 3 is 2.47 bits per heavy atom. The van der Waals surface area contributed by atoms with Crippen LogP contribution in [0.15, 0.2) is 0 Å². The van der Waals surface area contributed by atoms with Crippen molar-refractivity contribution in [1.82, 2.24) is 19.6 Å². The molecule has 0 radical (unpaired) electrons. The van der Waals surface area contributed by atoms with E-state index in [1.807, 2.05) is 4.90 Å². The summed E-state index contributed by atoms with van der Waals surface area (Å²) in [6.45, 7) is 5.45. The highest BCUT2D eigenvalue weighted by atomic mass is 32.1. The van der Waals surface area contributed by atoms with Gasteiger partial charge in [0.05, 0.1) is 0 Å². The first-order chi connectivity index (χ1) is 9.04. The fraction of sp³-hybridized carbons (Fsp3) is 0.800. The van der Waals surface area contributed by atoms with Crippen LogP contribution < -0.4 is 10.2 Å². The SMILES string of the molecule is FC(F)(F)c1nsc(N2CC(N3CCNCC3)C2)n1. The van der Waals surface area contributed by atoms with Gasteiger partial charge >= 0.3 is 6.18 Å². The molecule has 9 heteroatoms. The number of nitrogens with zero attached hydrogens (tertiary/aromatic N) is 4. The highest BCUT2D eigenvalue weighted by molar-refractivity contribution is 7.09. The number of halogens is 3. The fourth-order valence-electron chi connectivity index (χ4n) is 2.35. The van der Waals surface area contributed by atoms with Gasteiger partial charge in [-0.3, -0.25) is 4.90 Å². The lowest BCUT2D eigenvalue weighted by Crippen LogP contribution is -2.62. The average molecular weight is 293 g/mol. The molecular formula is C10H14F3N5S. The third-order valence-electron chi connectivity index (χ3n) is 3.47. The molecule has 1 N–H and O–H groups in total. The Labute approximate surface area is 112 Å². The zero-order valence-electron chi connectivity index (χ0n) is 10.2. The second kappa shape index (κ2) is 4.88. The second-order valence-electron chi connectivity index (χ2n) is 4.74. The zero-order chi connectivity index (χ0) is 13.5. The summed E-state index contributed by atoms with van der Waals surface area (Å²) in [5.74, 6) is -1.03. The summed E-state index contributed by atoms with van der Waals surface area (Å²) in [6, 6.07) is 0.431. The van der Waals surface area contributed by atoms with E-state index in [0.29, 0.717) is 11.2 Å². The number of hydrogen-bond acceptors (Lipinski definition) is 6. The van der Waals surface area contributed by atoms with Gasteiger partial charge in [-0.25, -0.2) is 0 Å². The Kier molecular flexibility index (Phi) is 3.35. The quantitative estimate of drug-likeness (QED) is 0.867. The normalized spacial score (nSPS) is 22.6. The van der Waals surface area contributed by atoms with E-state index in [0.717, 1.165) is 50.8 Å². The number of rotatable bonds is 2. The van der Waals surface area contributed by atoms with Gasteiger partial charge in [0, 0.05) is 56.8 Å². The van der Waals surface area contributed by atoms with Gasteiger partial charge in [0.15, 0.2) is 0 Å². The summed E-state index contributed by atoms with van der Waals surface area (Å²) < 4.78 is 40.6. The van der Waals surface area contributed by atoms with Crippen molar-refractivity contribution in [3.63, 3.8) is 0 Å². The molecule has 2 aliphatic rings. The number of piperazine rings is 1. The Bertz CT molecular complexity index is 437. The van der Waals surface area contributed by atoms with Gasteiger partial charge < -0.3 is 10.2 Å². The van der Waals surface area contributed by atoms with Crippen molar-refractivity contribution in [3.8, 4) is 0 Å². The summed E-state index contributed by atoms with van der Waals surface area (Å²) >= 11 is 0.823. The van der Waals surface area contributed by atoms with Gasteiger partial charge in [0.25, 0.3) is 0 Å². The molecule has 0 saturated carbocycles. The molecule has 0 unspecified atom stereocenters. The average Bonchev–Trinajstić information content (AvgIpc) is 2.77. The standard InChI is InChI=1S/C10H14F3N5S/c11-10(12,13)8-15-9(19-16-8)18-5-7(6-18)17-3-1-14-2-4-17/h7,14H,1-6H2. The Balaban J connectivity index is 1.56. The van der Waals surface area contributed by atoms with E-state index in [2.05, 4.69) is 19.6 Å². The van der Waals surface area contributed by atoms with Crippen molar-refractivity contribution in [2.24, 2.45) is 0 Å². The number of aromatic nitrogens is 2. The van der Waals surface area contributed by atoms with Crippen molar-refractivity contribution in [3.05, 3.63) is 5.82 Å². The molecule has 3 rings (SSSR count). The van der Waals surface area contributed by atoms with E-state index in [-0.39, 0.29) is 0 Å². The van der Waals surface area contributed by atoms with Gasteiger partial charge in [0.2, 0.25) is 11.0 Å². The predicted molar refractivity (Wildman–Crippen MR) is 65.4 cm³/mol. The first kappa shape index (κ1) is 13.1. The van der Waals surface area contributed by atoms with Crippen LogP contribution in [0.2, 0.25) is 0 Å². The molecule has 0 atom stereocenters. The molecule has 2 fully saturated rings. The van der Waals surface area contributed by atoms with Crippen LogP contribution >= 0.6 is 11.5 Å². The van der Waals surface area contributed by atoms with Gasteiger partial charge in [-0.1, -0.05) is 0 Å². The lowest BCUT2D eigenvalue weighted by molar-refractivity contribution is -0.144. The molecule has 5 nitrogen and oxygen atoms in total. The molecule has 1 aromatic heterocycles. The van der Waals surface area contributed by atoms with E-state index in [4.69, 9.17) is 0 Å². The summed E-state index contributed by atoms with van der Waals surface area (Å²) in [5, 5.41) is 3.65. The summed E-state index contributed by atoms with van der Waals surface area (Å²) in [7, 11) is 0. The lowest BCUT2D eigenvalue weighted by Gasteiger charge is -2.46. The van der Waals surface area contributed by atoms with E-state index in [1.54, 1.807) is 0 Å². The molecule has 0 bridgehead atoms. The number of alkyl halides is 3. The first-order valence-corrected chi connectivity index (χ1v) is 6.92. The van der Waals surface area contributed by atoms with E-state index in [9.17, 15) is 13.2 Å². The van der Waals surface area contributed by atoms with Crippen LogP contribution in [0.4, 0.5) is 18.3 Å². The maximum absolute atomic E-state index is 12.4. The molecular weight excluding hydrogens is 279 g/mol. The Morgan fingerprint density at radius 1 is 1.21 bits per heavy atom. The van der Waals surface area contributed by atoms with Crippen LogP contribution in [0.25, 0.3) is 0 Å².